The topological polar surface area (TPSA) is 32.3 Å². The van der Waals surface area contributed by atoms with Gasteiger partial charge in [-0.1, -0.05) is 25.7 Å². The number of hydrogen-bond acceptors (Lipinski definition) is 2. The Kier molecular flexibility index (Phi) is 11.4. The van der Waals surface area contributed by atoms with Gasteiger partial charge in [-0.05, 0) is 19.9 Å². The van der Waals surface area contributed by atoms with Gasteiger partial charge in [0.05, 0.1) is 6.10 Å². The molecule has 0 aromatic heterocycles. The smallest absolute Gasteiger partial charge is 0.0693 e. The van der Waals surface area contributed by atoms with Crippen molar-refractivity contribution in [2.24, 2.45) is 0 Å². The molecule has 0 aliphatic heterocycles. The van der Waals surface area contributed by atoms with Gasteiger partial charge in [-0.15, -0.1) is 0 Å². The average molecular weight is 225 g/mol. The van der Waals surface area contributed by atoms with Crippen molar-refractivity contribution in [2.45, 2.75) is 50.7 Å². The van der Waals surface area contributed by atoms with Gasteiger partial charge in [0.25, 0.3) is 0 Å². The van der Waals surface area contributed by atoms with Crippen LogP contribution >= 0.6 is 27.0 Å². The Morgan fingerprint density at radius 2 is 1.54 bits per heavy atom. The van der Waals surface area contributed by atoms with Crippen LogP contribution in [0.3, 0.4) is 0 Å². The highest BCUT2D eigenvalue weighted by Gasteiger charge is 2.17. The molecule has 0 aromatic rings. The lowest BCUT2D eigenvalue weighted by Gasteiger charge is -2.24. The summed E-state index contributed by atoms with van der Waals surface area (Å²) < 4.78 is 0. The van der Waals surface area contributed by atoms with Crippen LogP contribution in [0.2, 0.25) is 0 Å². The fourth-order valence-electron chi connectivity index (χ4n) is 1.80. The van der Waals surface area contributed by atoms with E-state index in [1.54, 1.807) is 0 Å². The summed E-state index contributed by atoms with van der Waals surface area (Å²) in [6.45, 7) is 0. The van der Waals surface area contributed by atoms with Gasteiger partial charge in [-0.25, -0.2) is 0 Å². The molecular weight excluding hydrogens is 202 g/mol. The Bertz CT molecular complexity index is 114. The van der Waals surface area contributed by atoms with E-state index in [2.05, 4.69) is 5.32 Å². The second-order valence-corrected chi connectivity index (χ2v) is 3.45. The van der Waals surface area contributed by atoms with Gasteiger partial charge in [-0.2, -0.15) is 27.0 Å². The lowest BCUT2D eigenvalue weighted by Crippen LogP contribution is -2.38. The van der Waals surface area contributed by atoms with Crippen molar-refractivity contribution in [3.63, 3.8) is 0 Å². The maximum Gasteiger partial charge on any atom is 0.0693 e. The molecule has 1 fully saturated rings. The van der Waals surface area contributed by atoms with E-state index in [1.165, 1.54) is 25.7 Å². The van der Waals surface area contributed by atoms with Crippen LogP contribution in [-0.4, -0.2) is 24.3 Å². The SMILES string of the molecule is CN[C@H]1CCCCCC[C@@H]1O.S.S. The fraction of sp³-hybridized carbons (Fsp3) is 1.00. The van der Waals surface area contributed by atoms with Crippen molar-refractivity contribution < 1.29 is 5.11 Å². The van der Waals surface area contributed by atoms with Gasteiger partial charge in [0.1, 0.15) is 0 Å². The number of aliphatic hydroxyl groups excluding tert-OH is 1. The molecule has 2 atom stereocenters. The molecule has 0 saturated heterocycles. The molecule has 0 aromatic carbocycles. The van der Waals surface area contributed by atoms with E-state index in [0.717, 1.165) is 12.8 Å². The quantitative estimate of drug-likeness (QED) is 0.709. The number of rotatable bonds is 1. The largest absolute Gasteiger partial charge is 0.392 e. The third-order valence-corrected chi connectivity index (χ3v) is 2.60. The van der Waals surface area contributed by atoms with E-state index in [-0.39, 0.29) is 33.1 Å². The molecule has 1 rings (SSSR count). The molecule has 82 valence electrons. The first-order valence-electron chi connectivity index (χ1n) is 4.70. The lowest BCUT2D eigenvalue weighted by molar-refractivity contribution is 0.107. The van der Waals surface area contributed by atoms with Crippen LogP contribution in [0.5, 0.6) is 0 Å². The van der Waals surface area contributed by atoms with Crippen molar-refractivity contribution in [3.8, 4) is 0 Å². The Morgan fingerprint density at radius 3 is 2.08 bits per heavy atom. The van der Waals surface area contributed by atoms with Crippen LogP contribution in [0.1, 0.15) is 38.5 Å². The summed E-state index contributed by atoms with van der Waals surface area (Å²) in [6.07, 6.45) is 7.10. The van der Waals surface area contributed by atoms with Gasteiger partial charge in [0.2, 0.25) is 0 Å². The van der Waals surface area contributed by atoms with Crippen molar-refractivity contribution in [2.75, 3.05) is 7.05 Å². The predicted molar refractivity (Wildman–Crippen MR) is 67.3 cm³/mol. The molecule has 2 nitrogen and oxygen atoms in total. The van der Waals surface area contributed by atoms with Gasteiger partial charge in [-0.3, -0.25) is 0 Å². The van der Waals surface area contributed by atoms with E-state index in [0.29, 0.717) is 6.04 Å². The number of aliphatic hydroxyl groups is 1. The monoisotopic (exact) mass is 225 g/mol. The zero-order chi connectivity index (χ0) is 8.10. The molecule has 0 amide bonds. The van der Waals surface area contributed by atoms with Crippen molar-refractivity contribution in [1.82, 2.24) is 5.32 Å². The number of likely N-dealkylation sites (N-methyl/N-ethyl adjacent to an activating group) is 1. The molecule has 0 bridgehead atoms. The summed E-state index contributed by atoms with van der Waals surface area (Å²) in [6, 6.07) is 0.343. The molecule has 1 aliphatic carbocycles. The normalized spacial score (nSPS) is 29.1. The summed E-state index contributed by atoms with van der Waals surface area (Å²) in [7, 11) is 1.94. The summed E-state index contributed by atoms with van der Waals surface area (Å²) in [5, 5.41) is 12.8. The van der Waals surface area contributed by atoms with Crippen LogP contribution in [-0.2, 0) is 0 Å². The Morgan fingerprint density at radius 1 is 1.00 bits per heavy atom. The van der Waals surface area contributed by atoms with Crippen LogP contribution in [0.25, 0.3) is 0 Å². The molecule has 1 saturated carbocycles. The van der Waals surface area contributed by atoms with Gasteiger partial charge >= 0.3 is 0 Å². The predicted octanol–water partition coefficient (Wildman–Crippen LogP) is 1.52. The number of nitrogens with one attached hydrogen (secondary N) is 1. The van der Waals surface area contributed by atoms with Crippen molar-refractivity contribution >= 4 is 27.0 Å². The maximum absolute atomic E-state index is 9.61. The first-order chi connectivity index (χ1) is 5.34. The maximum atomic E-state index is 9.61. The third kappa shape index (κ3) is 5.83. The average Bonchev–Trinajstić information content (AvgIpc) is 1.98. The van der Waals surface area contributed by atoms with Crippen LogP contribution < -0.4 is 5.32 Å². The third-order valence-electron chi connectivity index (χ3n) is 2.60. The van der Waals surface area contributed by atoms with Gasteiger partial charge < -0.3 is 10.4 Å². The molecule has 0 unspecified atom stereocenters. The number of hydrogen-bond donors (Lipinski definition) is 2. The molecule has 13 heavy (non-hydrogen) atoms. The van der Waals surface area contributed by atoms with E-state index in [1.807, 2.05) is 7.05 Å². The fourth-order valence-corrected chi connectivity index (χ4v) is 1.80. The summed E-state index contributed by atoms with van der Waals surface area (Å²) in [5.74, 6) is 0. The molecule has 4 heteroatoms. The second kappa shape index (κ2) is 9.19. The molecule has 0 radical (unpaired) electrons. The molecule has 2 N–H and O–H groups in total. The summed E-state index contributed by atoms with van der Waals surface area (Å²) in [4.78, 5) is 0. The molecule has 1 aliphatic rings. The van der Waals surface area contributed by atoms with Crippen LogP contribution in [0.4, 0.5) is 0 Å². The minimum atomic E-state index is -0.111. The minimum Gasteiger partial charge on any atom is -0.392 e. The van der Waals surface area contributed by atoms with E-state index in [4.69, 9.17) is 0 Å². The van der Waals surface area contributed by atoms with Crippen molar-refractivity contribution in [1.29, 1.82) is 0 Å². The zero-order valence-electron chi connectivity index (χ0n) is 8.34. The molecule has 0 spiro atoms. The van der Waals surface area contributed by atoms with Crippen LogP contribution in [0.15, 0.2) is 0 Å². The second-order valence-electron chi connectivity index (χ2n) is 3.45. The zero-order valence-corrected chi connectivity index (χ0v) is 10.3. The highest BCUT2D eigenvalue weighted by atomic mass is 32.1. The van der Waals surface area contributed by atoms with E-state index < -0.39 is 0 Å². The Hall–Kier alpha value is 0.620. The Labute approximate surface area is 95.4 Å². The van der Waals surface area contributed by atoms with E-state index in [9.17, 15) is 5.11 Å². The highest BCUT2D eigenvalue weighted by molar-refractivity contribution is 7.59. The van der Waals surface area contributed by atoms with Gasteiger partial charge in [0, 0.05) is 6.04 Å². The standard InChI is InChI=1S/C9H19NO.2H2S/c1-10-8-6-4-2-3-5-7-9(8)11;;/h8-11H,2-7H2,1H3;2*1H2/t8-,9-;;/m0../s1. The van der Waals surface area contributed by atoms with Crippen LogP contribution in [0, 0.1) is 0 Å². The molecular formula is C9H23NOS2. The first-order valence-corrected chi connectivity index (χ1v) is 4.70. The summed E-state index contributed by atoms with van der Waals surface area (Å²) >= 11 is 0. The van der Waals surface area contributed by atoms with E-state index >= 15 is 0 Å². The van der Waals surface area contributed by atoms with Gasteiger partial charge in [0.15, 0.2) is 0 Å². The summed E-state index contributed by atoms with van der Waals surface area (Å²) in [5.41, 5.74) is 0. The Balaban J connectivity index is 0. The highest BCUT2D eigenvalue weighted by Crippen LogP contribution is 2.17. The minimum absolute atomic E-state index is 0. The van der Waals surface area contributed by atoms with Crippen molar-refractivity contribution in [3.05, 3.63) is 0 Å². The first kappa shape index (κ1) is 16.1. The molecule has 0 heterocycles. The lowest BCUT2D eigenvalue weighted by atomic mass is 9.94.